The Bertz CT molecular complexity index is 797. The van der Waals surface area contributed by atoms with E-state index in [1.165, 1.54) is 0 Å². The van der Waals surface area contributed by atoms with Crippen molar-refractivity contribution in [2.24, 2.45) is 5.92 Å². The van der Waals surface area contributed by atoms with E-state index in [2.05, 4.69) is 38.5 Å². The first kappa shape index (κ1) is 16.2. The summed E-state index contributed by atoms with van der Waals surface area (Å²) >= 11 is 0. The van der Waals surface area contributed by atoms with Crippen LogP contribution < -0.4 is 0 Å². The highest BCUT2D eigenvalue weighted by atomic mass is 16.2. The molecule has 2 bridgehead atoms. The first-order valence-corrected chi connectivity index (χ1v) is 9.18. The SMILES string of the molecule is Cc1ccncc1C(=O)N1[C@@H]2CC[C@H]1Cc1nnc(CC(C)C)n1C2. The zero-order valence-electron chi connectivity index (χ0n) is 15.1. The number of nitrogens with zero attached hydrogens (tertiary/aromatic N) is 5. The lowest BCUT2D eigenvalue weighted by atomic mass is 10.1. The predicted octanol–water partition coefficient (Wildman–Crippen LogP) is 2.41. The Labute approximate surface area is 148 Å². The summed E-state index contributed by atoms with van der Waals surface area (Å²) in [4.78, 5) is 19.5. The molecule has 0 radical (unpaired) electrons. The predicted molar refractivity (Wildman–Crippen MR) is 94.2 cm³/mol. The fourth-order valence-corrected chi connectivity index (χ4v) is 4.17. The minimum Gasteiger partial charge on any atom is -0.330 e. The zero-order chi connectivity index (χ0) is 17.6. The fraction of sp³-hybridized carbons (Fsp3) is 0.579. The van der Waals surface area contributed by atoms with Crippen LogP contribution in [-0.2, 0) is 19.4 Å². The van der Waals surface area contributed by atoms with E-state index < -0.39 is 0 Å². The molecule has 4 rings (SSSR count). The third-order valence-corrected chi connectivity index (χ3v) is 5.43. The molecular formula is C19H25N5O. The largest absolute Gasteiger partial charge is 0.330 e. The van der Waals surface area contributed by atoms with Crippen molar-refractivity contribution in [2.45, 2.75) is 65.1 Å². The van der Waals surface area contributed by atoms with Crippen LogP contribution >= 0.6 is 0 Å². The number of rotatable bonds is 3. The first-order chi connectivity index (χ1) is 12.0. The second-order valence-corrected chi connectivity index (χ2v) is 7.73. The fourth-order valence-electron chi connectivity index (χ4n) is 4.17. The van der Waals surface area contributed by atoms with Gasteiger partial charge in [-0.3, -0.25) is 9.78 Å². The summed E-state index contributed by atoms with van der Waals surface area (Å²) < 4.78 is 2.26. The van der Waals surface area contributed by atoms with E-state index in [9.17, 15) is 4.79 Å². The van der Waals surface area contributed by atoms with Crippen LogP contribution in [0, 0.1) is 12.8 Å². The summed E-state index contributed by atoms with van der Waals surface area (Å²) in [6.45, 7) is 7.19. The minimum atomic E-state index is 0.113. The third kappa shape index (κ3) is 2.83. The lowest BCUT2D eigenvalue weighted by Gasteiger charge is -2.28. The minimum absolute atomic E-state index is 0.113. The summed E-state index contributed by atoms with van der Waals surface area (Å²) in [6, 6.07) is 2.34. The van der Waals surface area contributed by atoms with Crippen molar-refractivity contribution in [1.29, 1.82) is 0 Å². The molecule has 4 heterocycles. The maximum atomic E-state index is 13.2. The van der Waals surface area contributed by atoms with Crippen molar-refractivity contribution in [3.05, 3.63) is 41.2 Å². The Hall–Kier alpha value is -2.24. The molecule has 2 aromatic heterocycles. The van der Waals surface area contributed by atoms with Crippen LogP contribution in [0.15, 0.2) is 18.5 Å². The Morgan fingerprint density at radius 2 is 2.08 bits per heavy atom. The van der Waals surface area contributed by atoms with E-state index in [1.807, 2.05) is 13.0 Å². The van der Waals surface area contributed by atoms with Crippen molar-refractivity contribution in [1.82, 2.24) is 24.6 Å². The number of hydrogen-bond acceptors (Lipinski definition) is 4. The second-order valence-electron chi connectivity index (χ2n) is 7.73. The van der Waals surface area contributed by atoms with Gasteiger partial charge in [0.05, 0.1) is 11.6 Å². The van der Waals surface area contributed by atoms with Crippen LogP contribution in [-0.4, -0.2) is 42.6 Å². The van der Waals surface area contributed by atoms with Crippen molar-refractivity contribution in [2.75, 3.05) is 0 Å². The monoisotopic (exact) mass is 339 g/mol. The molecule has 1 amide bonds. The van der Waals surface area contributed by atoms with Crippen LogP contribution in [0.25, 0.3) is 0 Å². The number of pyridine rings is 1. The van der Waals surface area contributed by atoms with Gasteiger partial charge in [0.25, 0.3) is 5.91 Å². The molecule has 2 aliphatic heterocycles. The summed E-state index contributed by atoms with van der Waals surface area (Å²) in [5, 5.41) is 8.85. The zero-order valence-corrected chi connectivity index (χ0v) is 15.1. The molecule has 2 atom stereocenters. The summed E-state index contributed by atoms with van der Waals surface area (Å²) in [7, 11) is 0. The third-order valence-electron chi connectivity index (χ3n) is 5.43. The normalized spacial score (nSPS) is 22.2. The van der Waals surface area contributed by atoms with Gasteiger partial charge in [0.1, 0.15) is 11.6 Å². The van der Waals surface area contributed by atoms with Crippen LogP contribution in [0.5, 0.6) is 0 Å². The molecule has 2 aliphatic rings. The van der Waals surface area contributed by atoms with Gasteiger partial charge < -0.3 is 9.47 Å². The van der Waals surface area contributed by atoms with Crippen molar-refractivity contribution >= 4 is 5.91 Å². The molecule has 1 saturated heterocycles. The maximum absolute atomic E-state index is 13.2. The van der Waals surface area contributed by atoms with Gasteiger partial charge in [-0.1, -0.05) is 13.8 Å². The molecule has 0 unspecified atom stereocenters. The molecule has 0 spiro atoms. The van der Waals surface area contributed by atoms with E-state index in [4.69, 9.17) is 0 Å². The Balaban J connectivity index is 1.64. The maximum Gasteiger partial charge on any atom is 0.256 e. The number of carbonyl (C=O) groups is 1. The van der Waals surface area contributed by atoms with E-state index >= 15 is 0 Å². The topological polar surface area (TPSA) is 63.9 Å². The molecule has 1 fully saturated rings. The Morgan fingerprint density at radius 1 is 1.28 bits per heavy atom. The molecule has 6 heteroatoms. The average Bonchev–Trinajstić information content (AvgIpc) is 3.06. The van der Waals surface area contributed by atoms with Crippen molar-refractivity contribution < 1.29 is 4.79 Å². The molecule has 0 aliphatic carbocycles. The smallest absolute Gasteiger partial charge is 0.256 e. The highest BCUT2D eigenvalue weighted by Crippen LogP contribution is 2.33. The first-order valence-electron chi connectivity index (χ1n) is 9.18. The average molecular weight is 339 g/mol. The highest BCUT2D eigenvalue weighted by molar-refractivity contribution is 5.96. The van der Waals surface area contributed by atoms with Crippen LogP contribution in [0.3, 0.4) is 0 Å². The summed E-state index contributed by atoms with van der Waals surface area (Å²) in [6.07, 6.45) is 7.26. The van der Waals surface area contributed by atoms with Crippen LogP contribution in [0.1, 0.15) is 54.3 Å². The van der Waals surface area contributed by atoms with Gasteiger partial charge in [-0.15, -0.1) is 10.2 Å². The van der Waals surface area contributed by atoms with Gasteiger partial charge in [-0.25, -0.2) is 0 Å². The molecule has 0 aromatic carbocycles. The van der Waals surface area contributed by atoms with Crippen molar-refractivity contribution in [3.8, 4) is 0 Å². The molecule has 132 valence electrons. The molecule has 2 aromatic rings. The quantitative estimate of drug-likeness (QED) is 0.861. The van der Waals surface area contributed by atoms with E-state index in [-0.39, 0.29) is 18.0 Å². The lowest BCUT2D eigenvalue weighted by molar-refractivity contribution is 0.0664. The second kappa shape index (κ2) is 6.24. The summed E-state index contributed by atoms with van der Waals surface area (Å²) in [5.74, 6) is 2.75. The number of aromatic nitrogens is 4. The van der Waals surface area contributed by atoms with Crippen LogP contribution in [0.2, 0.25) is 0 Å². The molecule has 25 heavy (non-hydrogen) atoms. The van der Waals surface area contributed by atoms with E-state index in [1.54, 1.807) is 12.4 Å². The Morgan fingerprint density at radius 3 is 2.84 bits per heavy atom. The van der Waals surface area contributed by atoms with Gasteiger partial charge in [0.15, 0.2) is 0 Å². The number of hydrogen-bond donors (Lipinski definition) is 0. The van der Waals surface area contributed by atoms with Gasteiger partial charge >= 0.3 is 0 Å². The molecule has 6 nitrogen and oxygen atoms in total. The number of carbonyl (C=O) groups excluding carboxylic acids is 1. The van der Waals surface area contributed by atoms with Crippen LogP contribution in [0.4, 0.5) is 0 Å². The van der Waals surface area contributed by atoms with E-state index in [0.717, 1.165) is 55.0 Å². The van der Waals surface area contributed by atoms with Gasteiger partial charge in [-0.2, -0.15) is 0 Å². The van der Waals surface area contributed by atoms with Gasteiger partial charge in [-0.05, 0) is 37.3 Å². The molecule has 0 saturated carbocycles. The van der Waals surface area contributed by atoms with Gasteiger partial charge in [0, 0.05) is 37.8 Å². The highest BCUT2D eigenvalue weighted by Gasteiger charge is 2.41. The van der Waals surface area contributed by atoms with Gasteiger partial charge in [0.2, 0.25) is 0 Å². The standard InChI is InChI=1S/C19H25N5O/c1-12(2)8-17-21-22-18-9-14-4-5-15(11-23(17)18)24(14)19(25)16-10-20-7-6-13(16)3/h6-7,10,12,14-15H,4-5,8-9,11H2,1-3H3/t14-,15+/m0/s1. The molecule has 0 N–H and O–H groups in total. The van der Waals surface area contributed by atoms with E-state index in [0.29, 0.717) is 5.92 Å². The lowest BCUT2D eigenvalue weighted by Crippen LogP contribution is -2.42. The summed E-state index contributed by atoms with van der Waals surface area (Å²) in [5.41, 5.74) is 1.71. The molecular weight excluding hydrogens is 314 g/mol. The van der Waals surface area contributed by atoms with Crippen molar-refractivity contribution in [3.63, 3.8) is 0 Å². The number of fused-ring (bicyclic) bond motifs is 3. The number of amides is 1. The Kier molecular flexibility index (Phi) is 4.06. The number of aryl methyl sites for hydroxylation is 1.